The lowest BCUT2D eigenvalue weighted by Crippen LogP contribution is -2.51. The molecule has 0 radical (unpaired) electrons. The van der Waals surface area contributed by atoms with E-state index in [2.05, 4.69) is 5.32 Å². The first kappa shape index (κ1) is 17.7. The lowest BCUT2D eigenvalue weighted by molar-refractivity contribution is -0.0198. The largest absolute Gasteiger partial charge is 0.389 e. The summed E-state index contributed by atoms with van der Waals surface area (Å²) in [5.41, 5.74) is -0.0320. The molecule has 4 nitrogen and oxygen atoms in total. The second-order valence-electron chi connectivity index (χ2n) is 6.77. The Bertz CT molecular complexity index is 545. The number of halogens is 2. The lowest BCUT2D eigenvalue weighted by Gasteiger charge is -2.44. The van der Waals surface area contributed by atoms with Crippen molar-refractivity contribution in [3.8, 4) is 0 Å². The zero-order chi connectivity index (χ0) is 17.0. The molecule has 2 unspecified atom stereocenters. The molecule has 6 heteroatoms. The third kappa shape index (κ3) is 4.11. The number of nitrogens with one attached hydrogen (secondary N) is 1. The normalized spacial score (nSPS) is 23.9. The van der Waals surface area contributed by atoms with Gasteiger partial charge < -0.3 is 19.9 Å². The van der Waals surface area contributed by atoms with Crippen LogP contribution in [0.4, 0.5) is 8.78 Å². The molecule has 1 aliphatic carbocycles. The quantitative estimate of drug-likeness (QED) is 0.763. The minimum absolute atomic E-state index is 0.136. The maximum Gasteiger partial charge on any atom is 0.131 e. The molecular formula is C18H25F2NO3. The van der Waals surface area contributed by atoms with E-state index in [0.29, 0.717) is 18.7 Å². The van der Waals surface area contributed by atoms with Crippen LogP contribution in [0.15, 0.2) is 18.2 Å². The monoisotopic (exact) mass is 341 g/mol. The fraction of sp³-hybridized carbons (Fsp3) is 0.667. The molecule has 24 heavy (non-hydrogen) atoms. The molecule has 2 atom stereocenters. The molecule has 2 N–H and O–H groups in total. The van der Waals surface area contributed by atoms with Crippen molar-refractivity contribution in [1.29, 1.82) is 0 Å². The minimum Gasteiger partial charge on any atom is -0.389 e. The fourth-order valence-electron chi connectivity index (χ4n) is 3.43. The van der Waals surface area contributed by atoms with E-state index in [-0.39, 0.29) is 12.7 Å². The van der Waals surface area contributed by atoms with Crippen molar-refractivity contribution in [1.82, 2.24) is 5.32 Å². The van der Waals surface area contributed by atoms with Gasteiger partial charge in [-0.05, 0) is 38.2 Å². The molecule has 0 spiro atoms. The van der Waals surface area contributed by atoms with Crippen LogP contribution in [-0.2, 0) is 15.0 Å². The van der Waals surface area contributed by atoms with E-state index >= 15 is 0 Å². The summed E-state index contributed by atoms with van der Waals surface area (Å²) >= 11 is 0. The molecule has 1 saturated carbocycles. The summed E-state index contributed by atoms with van der Waals surface area (Å²) < 4.78 is 38.2. The summed E-state index contributed by atoms with van der Waals surface area (Å²) in [6, 6.07) is 3.69. The maximum atomic E-state index is 14.1. The van der Waals surface area contributed by atoms with Gasteiger partial charge in [0.1, 0.15) is 11.6 Å². The van der Waals surface area contributed by atoms with E-state index in [4.69, 9.17) is 9.47 Å². The van der Waals surface area contributed by atoms with Gasteiger partial charge in [0.05, 0.1) is 25.4 Å². The highest BCUT2D eigenvalue weighted by atomic mass is 19.1. The zero-order valence-electron chi connectivity index (χ0n) is 13.8. The first-order valence-electron chi connectivity index (χ1n) is 8.67. The molecule has 2 fully saturated rings. The molecule has 0 aromatic heterocycles. The van der Waals surface area contributed by atoms with Crippen molar-refractivity contribution in [2.45, 2.75) is 49.9 Å². The second-order valence-corrected chi connectivity index (χ2v) is 6.77. The molecule has 1 saturated heterocycles. The fourth-order valence-corrected chi connectivity index (χ4v) is 3.43. The second kappa shape index (κ2) is 7.87. The van der Waals surface area contributed by atoms with E-state index < -0.39 is 23.3 Å². The number of benzene rings is 1. The predicted octanol–water partition coefficient (Wildman–Crippen LogP) is 2.49. The number of rotatable bonds is 8. The average molecular weight is 341 g/mol. The Hall–Kier alpha value is -1.08. The smallest absolute Gasteiger partial charge is 0.131 e. The SMILES string of the molecule is OC(CNC1(c2ccc(F)cc2F)CCC1)COCC1CCCO1. The summed E-state index contributed by atoms with van der Waals surface area (Å²) in [5, 5.41) is 13.3. The van der Waals surface area contributed by atoms with E-state index in [1.165, 1.54) is 12.1 Å². The number of hydrogen-bond acceptors (Lipinski definition) is 4. The van der Waals surface area contributed by atoms with Gasteiger partial charge in [-0.15, -0.1) is 0 Å². The van der Waals surface area contributed by atoms with E-state index in [9.17, 15) is 13.9 Å². The van der Waals surface area contributed by atoms with Gasteiger partial charge in [-0.3, -0.25) is 0 Å². The van der Waals surface area contributed by atoms with Gasteiger partial charge in [0.2, 0.25) is 0 Å². The van der Waals surface area contributed by atoms with Crippen LogP contribution in [0.1, 0.15) is 37.7 Å². The number of aliphatic hydroxyl groups excluding tert-OH is 1. The van der Waals surface area contributed by atoms with Crippen molar-refractivity contribution in [2.75, 3.05) is 26.4 Å². The summed E-state index contributed by atoms with van der Waals surface area (Å²) in [6.45, 7) is 1.80. The molecule has 1 aromatic carbocycles. The average Bonchev–Trinajstić information content (AvgIpc) is 3.01. The summed E-state index contributed by atoms with van der Waals surface area (Å²) in [4.78, 5) is 0. The van der Waals surface area contributed by atoms with Gasteiger partial charge >= 0.3 is 0 Å². The highest BCUT2D eigenvalue weighted by Gasteiger charge is 2.40. The van der Waals surface area contributed by atoms with Crippen molar-refractivity contribution >= 4 is 0 Å². The van der Waals surface area contributed by atoms with Crippen LogP contribution in [0.5, 0.6) is 0 Å². The first-order valence-corrected chi connectivity index (χ1v) is 8.67. The number of aliphatic hydroxyl groups is 1. The van der Waals surface area contributed by atoms with Gasteiger partial charge in [0.15, 0.2) is 0 Å². The topological polar surface area (TPSA) is 50.7 Å². The van der Waals surface area contributed by atoms with E-state index in [1.807, 2.05) is 0 Å². The van der Waals surface area contributed by atoms with Crippen molar-refractivity contribution < 1.29 is 23.4 Å². The molecule has 0 amide bonds. The molecule has 3 rings (SSSR count). The minimum atomic E-state index is -0.674. The van der Waals surface area contributed by atoms with Gasteiger partial charge in [0.25, 0.3) is 0 Å². The first-order chi connectivity index (χ1) is 11.6. The molecule has 1 heterocycles. The van der Waals surface area contributed by atoms with Crippen LogP contribution in [0, 0.1) is 11.6 Å². The number of hydrogen-bond donors (Lipinski definition) is 2. The Labute approximate surface area is 141 Å². The molecule has 134 valence electrons. The predicted molar refractivity (Wildman–Crippen MR) is 85.7 cm³/mol. The Morgan fingerprint density at radius 2 is 2.17 bits per heavy atom. The summed E-state index contributed by atoms with van der Waals surface area (Å²) in [7, 11) is 0. The highest BCUT2D eigenvalue weighted by Crippen LogP contribution is 2.42. The van der Waals surface area contributed by atoms with Crippen LogP contribution in [-0.4, -0.2) is 43.7 Å². The van der Waals surface area contributed by atoms with Crippen molar-refractivity contribution in [3.63, 3.8) is 0 Å². The van der Waals surface area contributed by atoms with Crippen LogP contribution in [0.25, 0.3) is 0 Å². The third-order valence-electron chi connectivity index (χ3n) is 4.97. The zero-order valence-corrected chi connectivity index (χ0v) is 13.8. The van der Waals surface area contributed by atoms with Crippen LogP contribution < -0.4 is 5.32 Å². The number of ether oxygens (including phenoxy) is 2. The molecule has 2 aliphatic rings. The Morgan fingerprint density at radius 3 is 2.79 bits per heavy atom. The van der Waals surface area contributed by atoms with Crippen LogP contribution in [0.3, 0.4) is 0 Å². The highest BCUT2D eigenvalue weighted by molar-refractivity contribution is 5.29. The Kier molecular flexibility index (Phi) is 5.81. The van der Waals surface area contributed by atoms with Crippen LogP contribution >= 0.6 is 0 Å². The third-order valence-corrected chi connectivity index (χ3v) is 4.97. The standard InChI is InChI=1S/C18H25F2NO3/c19-13-4-5-16(17(20)9-13)18(6-2-7-18)21-10-14(22)11-23-12-15-3-1-8-24-15/h4-5,9,14-15,21-22H,1-3,6-8,10-12H2. The molecule has 1 aliphatic heterocycles. The van der Waals surface area contributed by atoms with E-state index in [1.54, 1.807) is 0 Å². The lowest BCUT2D eigenvalue weighted by atomic mass is 9.71. The summed E-state index contributed by atoms with van der Waals surface area (Å²) in [5.74, 6) is -1.11. The van der Waals surface area contributed by atoms with Gasteiger partial charge in [-0.1, -0.05) is 6.07 Å². The Balaban J connectivity index is 1.48. The van der Waals surface area contributed by atoms with Gasteiger partial charge in [-0.2, -0.15) is 0 Å². The van der Waals surface area contributed by atoms with E-state index in [0.717, 1.165) is 44.8 Å². The molecule has 1 aromatic rings. The Morgan fingerprint density at radius 1 is 1.33 bits per heavy atom. The maximum absolute atomic E-state index is 14.1. The molecular weight excluding hydrogens is 316 g/mol. The van der Waals surface area contributed by atoms with Crippen LogP contribution in [0.2, 0.25) is 0 Å². The molecule has 0 bridgehead atoms. The van der Waals surface area contributed by atoms with Crippen molar-refractivity contribution in [2.24, 2.45) is 0 Å². The van der Waals surface area contributed by atoms with Gasteiger partial charge in [0, 0.05) is 30.3 Å². The van der Waals surface area contributed by atoms with Crippen molar-refractivity contribution in [3.05, 3.63) is 35.4 Å². The van der Waals surface area contributed by atoms with Gasteiger partial charge in [-0.25, -0.2) is 8.78 Å². The summed E-state index contributed by atoms with van der Waals surface area (Å²) in [6.07, 6.45) is 4.06.